The van der Waals surface area contributed by atoms with Crippen molar-refractivity contribution in [1.82, 2.24) is 5.32 Å². The van der Waals surface area contributed by atoms with Gasteiger partial charge in [-0.05, 0) is 30.7 Å². The number of carbonyl (C=O) groups is 1. The molecular formula is C17H19FN2O3S. The first-order chi connectivity index (χ1) is 11.3. The molecule has 0 aromatic heterocycles. The fraction of sp³-hybridized carbons (Fsp3) is 0.235. The molecule has 0 aliphatic heterocycles. The Kier molecular flexibility index (Phi) is 5.56. The number of benzene rings is 2. The third kappa shape index (κ3) is 4.79. The molecule has 2 aromatic carbocycles. The molecule has 1 N–H and O–H groups in total. The number of anilines is 1. The lowest BCUT2D eigenvalue weighted by molar-refractivity contribution is -0.120. The minimum Gasteiger partial charge on any atom is -0.348 e. The topological polar surface area (TPSA) is 66.5 Å². The van der Waals surface area contributed by atoms with Crippen LogP contribution in [-0.4, -0.2) is 27.1 Å². The fourth-order valence-electron chi connectivity index (χ4n) is 2.27. The molecule has 24 heavy (non-hydrogen) atoms. The SMILES string of the molecule is C[C@H](NC(=O)CN(c1cccc(F)c1)S(C)(=O)=O)c1ccccc1. The van der Waals surface area contributed by atoms with Crippen LogP contribution >= 0.6 is 0 Å². The van der Waals surface area contributed by atoms with E-state index >= 15 is 0 Å². The Bertz CT molecular complexity index is 810. The van der Waals surface area contributed by atoms with E-state index in [-0.39, 0.29) is 11.7 Å². The molecule has 0 fully saturated rings. The van der Waals surface area contributed by atoms with Crippen molar-refractivity contribution in [1.29, 1.82) is 0 Å². The van der Waals surface area contributed by atoms with E-state index in [0.717, 1.165) is 22.2 Å². The van der Waals surface area contributed by atoms with Crippen LogP contribution < -0.4 is 9.62 Å². The zero-order valence-corrected chi connectivity index (χ0v) is 14.3. The quantitative estimate of drug-likeness (QED) is 0.870. The molecule has 0 bridgehead atoms. The molecule has 1 amide bonds. The molecule has 0 aliphatic rings. The first kappa shape index (κ1) is 17.9. The van der Waals surface area contributed by atoms with Gasteiger partial charge in [-0.25, -0.2) is 12.8 Å². The average molecular weight is 350 g/mol. The van der Waals surface area contributed by atoms with Crippen molar-refractivity contribution >= 4 is 21.6 Å². The highest BCUT2D eigenvalue weighted by atomic mass is 32.2. The molecule has 0 unspecified atom stereocenters. The Morgan fingerprint density at radius 1 is 1.17 bits per heavy atom. The van der Waals surface area contributed by atoms with Gasteiger partial charge < -0.3 is 5.32 Å². The van der Waals surface area contributed by atoms with E-state index in [1.807, 2.05) is 30.3 Å². The van der Waals surface area contributed by atoms with Gasteiger partial charge in [-0.1, -0.05) is 36.4 Å². The van der Waals surface area contributed by atoms with E-state index < -0.39 is 28.3 Å². The summed E-state index contributed by atoms with van der Waals surface area (Å²) >= 11 is 0. The normalized spacial score (nSPS) is 12.5. The van der Waals surface area contributed by atoms with Crippen LogP contribution in [0.15, 0.2) is 54.6 Å². The standard InChI is InChI=1S/C17H19FN2O3S/c1-13(14-7-4-3-5-8-14)19-17(21)12-20(24(2,22)23)16-10-6-9-15(18)11-16/h3-11,13H,12H2,1-2H3,(H,19,21)/t13-/m0/s1. The Balaban J connectivity index is 2.14. The Morgan fingerprint density at radius 3 is 2.42 bits per heavy atom. The predicted octanol–water partition coefficient (Wildman–Crippen LogP) is 2.47. The highest BCUT2D eigenvalue weighted by Gasteiger charge is 2.22. The van der Waals surface area contributed by atoms with Crippen molar-refractivity contribution in [2.75, 3.05) is 17.1 Å². The summed E-state index contributed by atoms with van der Waals surface area (Å²) in [5, 5.41) is 2.74. The van der Waals surface area contributed by atoms with Gasteiger partial charge in [0.1, 0.15) is 12.4 Å². The number of nitrogens with zero attached hydrogens (tertiary/aromatic N) is 1. The highest BCUT2D eigenvalue weighted by molar-refractivity contribution is 7.92. The summed E-state index contributed by atoms with van der Waals surface area (Å²) in [5.74, 6) is -1.04. The molecule has 1 atom stereocenters. The lowest BCUT2D eigenvalue weighted by Crippen LogP contribution is -2.41. The van der Waals surface area contributed by atoms with Crippen molar-refractivity contribution in [3.05, 3.63) is 66.0 Å². The zero-order valence-electron chi connectivity index (χ0n) is 13.4. The molecular weight excluding hydrogens is 331 g/mol. The highest BCUT2D eigenvalue weighted by Crippen LogP contribution is 2.18. The summed E-state index contributed by atoms with van der Waals surface area (Å²) in [6.45, 7) is 1.39. The lowest BCUT2D eigenvalue weighted by Gasteiger charge is -2.23. The number of carbonyl (C=O) groups excluding carboxylic acids is 1. The van der Waals surface area contributed by atoms with E-state index in [4.69, 9.17) is 0 Å². The second kappa shape index (κ2) is 7.44. The number of hydrogen-bond donors (Lipinski definition) is 1. The maximum Gasteiger partial charge on any atom is 0.241 e. The number of sulfonamides is 1. The number of halogens is 1. The number of amides is 1. The summed E-state index contributed by atoms with van der Waals surface area (Å²) in [4.78, 5) is 12.2. The molecule has 2 aromatic rings. The van der Waals surface area contributed by atoms with Gasteiger partial charge >= 0.3 is 0 Å². The van der Waals surface area contributed by atoms with Crippen LogP contribution in [0.3, 0.4) is 0 Å². The first-order valence-electron chi connectivity index (χ1n) is 7.35. The van der Waals surface area contributed by atoms with Crippen LogP contribution in [0.5, 0.6) is 0 Å². The summed E-state index contributed by atoms with van der Waals surface area (Å²) in [6, 6.07) is 14.2. The van der Waals surface area contributed by atoms with E-state index in [2.05, 4.69) is 5.32 Å². The number of hydrogen-bond acceptors (Lipinski definition) is 3. The van der Waals surface area contributed by atoms with Crippen molar-refractivity contribution in [3.63, 3.8) is 0 Å². The van der Waals surface area contributed by atoms with Gasteiger partial charge in [0.15, 0.2) is 0 Å². The first-order valence-corrected chi connectivity index (χ1v) is 9.20. The maximum atomic E-state index is 13.4. The largest absolute Gasteiger partial charge is 0.348 e. The van der Waals surface area contributed by atoms with Gasteiger partial charge in [0.2, 0.25) is 15.9 Å². The van der Waals surface area contributed by atoms with Gasteiger partial charge in [0.05, 0.1) is 18.0 Å². The van der Waals surface area contributed by atoms with Gasteiger partial charge in [0, 0.05) is 0 Å². The molecule has 0 radical (unpaired) electrons. The maximum absolute atomic E-state index is 13.4. The minimum absolute atomic E-state index is 0.111. The molecule has 0 spiro atoms. The van der Waals surface area contributed by atoms with Gasteiger partial charge in [0.25, 0.3) is 0 Å². The van der Waals surface area contributed by atoms with E-state index in [1.165, 1.54) is 18.2 Å². The third-order valence-corrected chi connectivity index (χ3v) is 4.60. The van der Waals surface area contributed by atoms with Crippen LogP contribution in [0, 0.1) is 5.82 Å². The van der Waals surface area contributed by atoms with E-state index in [9.17, 15) is 17.6 Å². The summed E-state index contributed by atoms with van der Waals surface area (Å²) in [6.07, 6.45) is 0.978. The molecule has 7 heteroatoms. The molecule has 5 nitrogen and oxygen atoms in total. The minimum atomic E-state index is -3.72. The van der Waals surface area contributed by atoms with Crippen molar-refractivity contribution < 1.29 is 17.6 Å². The smallest absolute Gasteiger partial charge is 0.241 e. The zero-order chi connectivity index (χ0) is 17.7. The lowest BCUT2D eigenvalue weighted by atomic mass is 10.1. The average Bonchev–Trinajstić information content (AvgIpc) is 2.52. The van der Waals surface area contributed by atoms with E-state index in [0.29, 0.717) is 0 Å². The van der Waals surface area contributed by atoms with Gasteiger partial charge in [-0.2, -0.15) is 0 Å². The van der Waals surface area contributed by atoms with E-state index in [1.54, 1.807) is 6.92 Å². The fourth-order valence-corrected chi connectivity index (χ4v) is 3.12. The van der Waals surface area contributed by atoms with Crippen LogP contribution in [0.1, 0.15) is 18.5 Å². The molecule has 0 saturated heterocycles. The Labute approximate surface area is 141 Å². The summed E-state index contributed by atoms with van der Waals surface area (Å²) in [7, 11) is -3.72. The van der Waals surface area contributed by atoms with Crippen LogP contribution in [0.25, 0.3) is 0 Å². The third-order valence-electron chi connectivity index (χ3n) is 3.46. The van der Waals surface area contributed by atoms with Crippen LogP contribution in [0.2, 0.25) is 0 Å². The molecule has 128 valence electrons. The van der Waals surface area contributed by atoms with Crippen molar-refractivity contribution in [2.24, 2.45) is 0 Å². The van der Waals surface area contributed by atoms with Gasteiger partial charge in [-0.15, -0.1) is 0 Å². The molecule has 0 saturated carbocycles. The second-order valence-electron chi connectivity index (χ2n) is 5.45. The summed E-state index contributed by atoms with van der Waals surface area (Å²) < 4.78 is 38.2. The predicted molar refractivity (Wildman–Crippen MR) is 91.6 cm³/mol. The van der Waals surface area contributed by atoms with Crippen molar-refractivity contribution in [2.45, 2.75) is 13.0 Å². The molecule has 0 aliphatic carbocycles. The Morgan fingerprint density at radius 2 is 1.83 bits per heavy atom. The summed E-state index contributed by atoms with van der Waals surface area (Å²) in [5.41, 5.74) is 1.02. The Hall–Kier alpha value is -2.41. The van der Waals surface area contributed by atoms with Gasteiger partial charge in [-0.3, -0.25) is 9.10 Å². The number of nitrogens with one attached hydrogen (secondary N) is 1. The monoisotopic (exact) mass is 350 g/mol. The van der Waals surface area contributed by atoms with Crippen molar-refractivity contribution in [3.8, 4) is 0 Å². The molecule has 2 rings (SSSR count). The van der Waals surface area contributed by atoms with Crippen LogP contribution in [0.4, 0.5) is 10.1 Å². The molecule has 0 heterocycles. The second-order valence-corrected chi connectivity index (χ2v) is 7.36. The number of rotatable bonds is 6. The van der Waals surface area contributed by atoms with Crippen LogP contribution in [-0.2, 0) is 14.8 Å².